The van der Waals surface area contributed by atoms with E-state index in [4.69, 9.17) is 16.0 Å². The van der Waals surface area contributed by atoms with E-state index in [0.29, 0.717) is 22.8 Å². The second-order valence-electron chi connectivity index (χ2n) is 4.54. The van der Waals surface area contributed by atoms with Gasteiger partial charge < -0.3 is 4.42 Å². The molecule has 0 radical (unpaired) electrons. The number of rotatable bonds is 4. The molecule has 20 heavy (non-hydrogen) atoms. The predicted molar refractivity (Wildman–Crippen MR) is 77.2 cm³/mol. The van der Waals surface area contributed by atoms with E-state index >= 15 is 0 Å². The van der Waals surface area contributed by atoms with Crippen molar-refractivity contribution < 1.29 is 9.21 Å². The summed E-state index contributed by atoms with van der Waals surface area (Å²) in [4.78, 5) is 12.6. The monoisotopic (exact) mass is 288 g/mol. The zero-order valence-electron chi connectivity index (χ0n) is 11.0. The van der Waals surface area contributed by atoms with E-state index in [1.165, 1.54) is 6.20 Å². The summed E-state index contributed by atoms with van der Waals surface area (Å²) in [6.07, 6.45) is 2.37. The van der Waals surface area contributed by atoms with Gasteiger partial charge in [0.1, 0.15) is 11.3 Å². The van der Waals surface area contributed by atoms with E-state index in [1.54, 1.807) is 10.7 Å². The maximum Gasteiger partial charge on any atom is 0.247 e. The van der Waals surface area contributed by atoms with Crippen LogP contribution in [0.4, 0.5) is 0 Å². The van der Waals surface area contributed by atoms with Crippen LogP contribution in [-0.2, 0) is 6.54 Å². The number of hydrogen-bond acceptors (Lipinski definition) is 3. The summed E-state index contributed by atoms with van der Waals surface area (Å²) in [6.45, 7) is 2.67. The van der Waals surface area contributed by atoms with Crippen molar-refractivity contribution in [1.29, 1.82) is 0 Å². The second-order valence-corrected chi connectivity index (χ2v) is 4.95. The molecule has 0 atom stereocenters. The molecular weight excluding hydrogens is 276 g/mol. The number of fused-ring (bicyclic) bond motifs is 1. The molecule has 3 aromatic rings. The predicted octanol–water partition coefficient (Wildman–Crippen LogP) is 3.92. The SMILES string of the molecule is CCCn1ncc(Cl)c1C(=O)c1cc2ccccc2o1. The van der Waals surface area contributed by atoms with Gasteiger partial charge in [0.2, 0.25) is 5.78 Å². The van der Waals surface area contributed by atoms with Crippen LogP contribution in [-0.4, -0.2) is 15.6 Å². The molecule has 0 bridgehead atoms. The van der Waals surface area contributed by atoms with E-state index in [-0.39, 0.29) is 11.5 Å². The third-order valence-electron chi connectivity index (χ3n) is 3.09. The number of nitrogens with zero attached hydrogens (tertiary/aromatic N) is 2. The van der Waals surface area contributed by atoms with Gasteiger partial charge in [-0.05, 0) is 18.6 Å². The van der Waals surface area contributed by atoms with Crippen LogP contribution in [0.15, 0.2) is 40.9 Å². The highest BCUT2D eigenvalue weighted by molar-refractivity contribution is 6.34. The maximum atomic E-state index is 12.6. The number of aryl methyl sites for hydroxylation is 1. The Morgan fingerprint density at radius 3 is 2.95 bits per heavy atom. The Kier molecular flexibility index (Phi) is 3.32. The van der Waals surface area contributed by atoms with Crippen LogP contribution < -0.4 is 0 Å². The lowest BCUT2D eigenvalue weighted by atomic mass is 10.2. The van der Waals surface area contributed by atoms with Crippen molar-refractivity contribution in [1.82, 2.24) is 9.78 Å². The third-order valence-corrected chi connectivity index (χ3v) is 3.37. The van der Waals surface area contributed by atoms with Crippen molar-refractivity contribution in [3.05, 3.63) is 53.0 Å². The van der Waals surface area contributed by atoms with Crippen molar-refractivity contribution >= 4 is 28.4 Å². The van der Waals surface area contributed by atoms with Gasteiger partial charge in [0.15, 0.2) is 5.76 Å². The molecule has 4 nitrogen and oxygen atoms in total. The molecule has 0 N–H and O–H groups in total. The Hall–Kier alpha value is -2.07. The normalized spacial score (nSPS) is 11.1. The first-order valence-electron chi connectivity index (χ1n) is 6.45. The largest absolute Gasteiger partial charge is 0.453 e. The number of hydrogen-bond donors (Lipinski definition) is 0. The Morgan fingerprint density at radius 2 is 2.20 bits per heavy atom. The van der Waals surface area contributed by atoms with Crippen molar-refractivity contribution in [2.24, 2.45) is 0 Å². The van der Waals surface area contributed by atoms with Crippen LogP contribution in [0.1, 0.15) is 29.6 Å². The number of furan rings is 1. The van der Waals surface area contributed by atoms with Gasteiger partial charge in [0.05, 0.1) is 11.2 Å². The van der Waals surface area contributed by atoms with Gasteiger partial charge in [-0.3, -0.25) is 9.48 Å². The minimum Gasteiger partial charge on any atom is -0.453 e. The van der Waals surface area contributed by atoms with Crippen molar-refractivity contribution in [3.8, 4) is 0 Å². The Morgan fingerprint density at radius 1 is 1.40 bits per heavy atom. The smallest absolute Gasteiger partial charge is 0.247 e. The summed E-state index contributed by atoms with van der Waals surface area (Å²) in [6, 6.07) is 9.24. The fraction of sp³-hybridized carbons (Fsp3) is 0.200. The maximum absolute atomic E-state index is 12.6. The van der Waals surface area contributed by atoms with Gasteiger partial charge in [0, 0.05) is 11.9 Å². The molecule has 3 rings (SSSR count). The first kappa shape index (κ1) is 12.9. The minimum atomic E-state index is -0.239. The Balaban J connectivity index is 2.06. The summed E-state index contributed by atoms with van der Waals surface area (Å²) >= 11 is 6.08. The molecule has 2 aromatic heterocycles. The van der Waals surface area contributed by atoms with Gasteiger partial charge >= 0.3 is 0 Å². The van der Waals surface area contributed by atoms with E-state index < -0.39 is 0 Å². The number of para-hydroxylation sites is 1. The molecule has 0 saturated carbocycles. The molecular formula is C15H13ClN2O2. The summed E-state index contributed by atoms with van der Waals surface area (Å²) in [7, 11) is 0. The average Bonchev–Trinajstić information content (AvgIpc) is 3.02. The molecule has 0 aliphatic carbocycles. The molecule has 1 aromatic carbocycles. The van der Waals surface area contributed by atoms with Gasteiger partial charge in [-0.2, -0.15) is 5.10 Å². The highest BCUT2D eigenvalue weighted by Gasteiger charge is 2.22. The second kappa shape index (κ2) is 5.13. The van der Waals surface area contributed by atoms with E-state index in [1.807, 2.05) is 31.2 Å². The summed E-state index contributed by atoms with van der Waals surface area (Å²) in [5.41, 5.74) is 1.07. The van der Waals surface area contributed by atoms with Crippen LogP contribution in [0.25, 0.3) is 11.0 Å². The van der Waals surface area contributed by atoms with Gasteiger partial charge in [-0.1, -0.05) is 36.7 Å². The summed E-state index contributed by atoms with van der Waals surface area (Å²) in [5.74, 6) is 0.0445. The molecule has 0 spiro atoms. The average molecular weight is 289 g/mol. The highest BCUT2D eigenvalue weighted by Crippen LogP contribution is 2.24. The van der Waals surface area contributed by atoms with Crippen LogP contribution in [0.2, 0.25) is 5.02 Å². The topological polar surface area (TPSA) is 48.0 Å². The molecule has 0 amide bonds. The molecule has 0 saturated heterocycles. The number of carbonyl (C=O) groups is 1. The van der Waals surface area contributed by atoms with E-state index in [2.05, 4.69) is 5.10 Å². The number of halogens is 1. The van der Waals surface area contributed by atoms with Crippen LogP contribution in [0.5, 0.6) is 0 Å². The minimum absolute atomic E-state index is 0.239. The zero-order valence-corrected chi connectivity index (χ0v) is 11.7. The standard InChI is InChI=1S/C15H13ClN2O2/c1-2-7-18-14(11(16)9-17-18)15(19)13-8-10-5-3-4-6-12(10)20-13/h3-6,8-9H,2,7H2,1H3. The lowest BCUT2D eigenvalue weighted by molar-refractivity contribution is 0.100. The Bertz CT molecular complexity index is 740. The lowest BCUT2D eigenvalue weighted by Crippen LogP contribution is -2.11. The number of carbonyl (C=O) groups excluding carboxylic acids is 1. The van der Waals surface area contributed by atoms with Gasteiger partial charge in [0.25, 0.3) is 0 Å². The molecule has 102 valence electrons. The molecule has 0 aliphatic rings. The van der Waals surface area contributed by atoms with Crippen LogP contribution in [0, 0.1) is 0 Å². The third kappa shape index (κ3) is 2.12. The van der Waals surface area contributed by atoms with Gasteiger partial charge in [-0.15, -0.1) is 0 Å². The van der Waals surface area contributed by atoms with Crippen molar-refractivity contribution in [2.75, 3.05) is 0 Å². The molecule has 5 heteroatoms. The fourth-order valence-corrected chi connectivity index (χ4v) is 2.41. The quantitative estimate of drug-likeness (QED) is 0.684. The summed E-state index contributed by atoms with van der Waals surface area (Å²) < 4.78 is 7.22. The fourth-order valence-electron chi connectivity index (χ4n) is 2.18. The first-order chi connectivity index (χ1) is 9.70. The van der Waals surface area contributed by atoms with Crippen LogP contribution >= 0.6 is 11.6 Å². The van der Waals surface area contributed by atoms with Gasteiger partial charge in [-0.25, -0.2) is 0 Å². The van der Waals surface area contributed by atoms with E-state index in [9.17, 15) is 4.79 Å². The molecule has 0 aliphatic heterocycles. The Labute approximate surface area is 120 Å². The summed E-state index contributed by atoms with van der Waals surface area (Å²) in [5, 5.41) is 5.38. The lowest BCUT2D eigenvalue weighted by Gasteiger charge is -2.03. The molecule has 0 fully saturated rings. The van der Waals surface area contributed by atoms with Crippen LogP contribution in [0.3, 0.4) is 0 Å². The highest BCUT2D eigenvalue weighted by atomic mass is 35.5. The first-order valence-corrected chi connectivity index (χ1v) is 6.83. The number of aromatic nitrogens is 2. The molecule has 2 heterocycles. The number of benzene rings is 1. The molecule has 0 unspecified atom stereocenters. The van der Waals surface area contributed by atoms with Crippen molar-refractivity contribution in [3.63, 3.8) is 0 Å². The number of ketones is 1. The van der Waals surface area contributed by atoms with Crippen molar-refractivity contribution in [2.45, 2.75) is 19.9 Å². The van der Waals surface area contributed by atoms with E-state index in [0.717, 1.165) is 11.8 Å². The zero-order chi connectivity index (χ0) is 14.1.